The number of aromatic nitrogens is 1. The summed E-state index contributed by atoms with van der Waals surface area (Å²) in [6.07, 6.45) is 6.18. The fourth-order valence-electron chi connectivity index (χ4n) is 3.47. The summed E-state index contributed by atoms with van der Waals surface area (Å²) in [5.41, 5.74) is 0.743. The lowest BCUT2D eigenvalue weighted by Gasteiger charge is -2.27. The number of pyridine rings is 1. The smallest absolute Gasteiger partial charge is 0.327 e. The molecule has 9 nitrogen and oxygen atoms in total. The van der Waals surface area contributed by atoms with E-state index in [1.165, 1.54) is 44.8 Å². The monoisotopic (exact) mass is 526 g/mol. The molecule has 3 aromatic rings. The molecule has 0 fully saturated rings. The van der Waals surface area contributed by atoms with Gasteiger partial charge >= 0.3 is 5.97 Å². The van der Waals surface area contributed by atoms with Gasteiger partial charge in [-0.1, -0.05) is 30.4 Å². The highest BCUT2D eigenvalue weighted by molar-refractivity contribution is 7.92. The molecule has 196 valence electrons. The molecule has 0 aliphatic rings. The number of esters is 1. The molecule has 3 rings (SSSR count). The third kappa shape index (κ3) is 7.01. The first-order chi connectivity index (χ1) is 17.4. The van der Waals surface area contributed by atoms with Crippen LogP contribution in [0.25, 0.3) is 12.2 Å². The molecule has 0 saturated heterocycles. The predicted octanol–water partition coefficient (Wildman–Crippen LogP) is 4.04. The number of hydrogen-bond donors (Lipinski definition) is 0. The summed E-state index contributed by atoms with van der Waals surface area (Å²) in [5.74, 6) is -0.113. The van der Waals surface area contributed by atoms with Gasteiger partial charge in [-0.15, -0.1) is 0 Å². The lowest BCUT2D eigenvalue weighted by Crippen LogP contribution is -2.39. The normalized spacial score (nSPS) is 11.8. The molecule has 0 bridgehead atoms. The number of hydrogen-bond acceptors (Lipinski definition) is 7. The molecule has 0 N–H and O–H groups in total. The number of ether oxygens (including phenoxy) is 3. The number of para-hydroxylation sites is 1. The fourth-order valence-corrected chi connectivity index (χ4v) is 4.92. The van der Waals surface area contributed by atoms with Gasteiger partial charge in [-0.3, -0.25) is 9.10 Å². The molecular formula is C27H30N2O7S. The Morgan fingerprint density at radius 3 is 2.24 bits per heavy atom. The van der Waals surface area contributed by atoms with E-state index in [2.05, 4.69) is 0 Å². The summed E-state index contributed by atoms with van der Waals surface area (Å²) in [6, 6.07) is 14.3. The standard InChI is InChI=1S/C27H30N2O7S/c1-27(2,3)36-26(30)19-29(37(32,33)22-12-13-24(34-4)25(18-22)35-5)23-9-7-6-8-21(23)11-10-20-14-16-28(31)17-15-20/h6-18H,19H2,1-5H3/b11-10+. The third-order valence-electron chi connectivity index (χ3n) is 5.12. The van der Waals surface area contributed by atoms with Crippen molar-refractivity contribution < 1.29 is 32.2 Å². The molecule has 1 aromatic heterocycles. The molecule has 0 amide bonds. The molecule has 37 heavy (non-hydrogen) atoms. The lowest BCUT2D eigenvalue weighted by molar-refractivity contribution is -0.605. The average Bonchev–Trinajstić information content (AvgIpc) is 2.85. The molecule has 0 saturated carbocycles. The molecule has 0 aliphatic carbocycles. The van der Waals surface area contributed by atoms with Crippen molar-refractivity contribution in [1.29, 1.82) is 0 Å². The summed E-state index contributed by atoms with van der Waals surface area (Å²) in [5, 5.41) is 11.3. The van der Waals surface area contributed by atoms with Crippen molar-refractivity contribution in [2.45, 2.75) is 31.3 Å². The van der Waals surface area contributed by atoms with Gasteiger partial charge in [0, 0.05) is 18.2 Å². The largest absolute Gasteiger partial charge is 0.619 e. The van der Waals surface area contributed by atoms with E-state index in [0.717, 1.165) is 9.87 Å². The van der Waals surface area contributed by atoms with Crippen LogP contribution in [-0.2, 0) is 19.6 Å². The second-order valence-electron chi connectivity index (χ2n) is 9.00. The van der Waals surface area contributed by atoms with E-state index < -0.39 is 28.1 Å². The van der Waals surface area contributed by atoms with Gasteiger partial charge in [0.25, 0.3) is 10.0 Å². The van der Waals surface area contributed by atoms with E-state index in [0.29, 0.717) is 16.0 Å². The molecule has 0 aliphatic heterocycles. The van der Waals surface area contributed by atoms with Crippen LogP contribution < -0.4 is 18.5 Å². The van der Waals surface area contributed by atoms with Gasteiger partial charge in [-0.05, 0) is 50.1 Å². The second-order valence-corrected chi connectivity index (χ2v) is 10.9. The van der Waals surface area contributed by atoms with Crippen LogP contribution in [0.5, 0.6) is 11.5 Å². The van der Waals surface area contributed by atoms with Gasteiger partial charge in [0.05, 0.1) is 24.8 Å². The fraction of sp³-hybridized carbons (Fsp3) is 0.259. The van der Waals surface area contributed by atoms with Crippen molar-refractivity contribution in [1.82, 2.24) is 0 Å². The van der Waals surface area contributed by atoms with Gasteiger partial charge in [-0.2, -0.15) is 4.73 Å². The van der Waals surface area contributed by atoms with E-state index in [1.807, 2.05) is 0 Å². The zero-order valence-corrected chi connectivity index (χ0v) is 22.2. The van der Waals surface area contributed by atoms with E-state index in [1.54, 1.807) is 69.3 Å². The van der Waals surface area contributed by atoms with Crippen LogP contribution in [0.1, 0.15) is 31.9 Å². The van der Waals surface area contributed by atoms with Gasteiger partial charge in [0.15, 0.2) is 23.9 Å². The number of rotatable bonds is 9. The average molecular weight is 527 g/mol. The van der Waals surface area contributed by atoms with Crippen molar-refractivity contribution in [2.24, 2.45) is 0 Å². The highest BCUT2D eigenvalue weighted by atomic mass is 32.2. The first kappa shape index (κ1) is 27.5. The Kier molecular flexibility index (Phi) is 8.44. The summed E-state index contributed by atoms with van der Waals surface area (Å²) in [4.78, 5) is 12.8. The van der Waals surface area contributed by atoms with Crippen LogP contribution in [0.2, 0.25) is 0 Å². The zero-order chi connectivity index (χ0) is 27.2. The van der Waals surface area contributed by atoms with Crippen molar-refractivity contribution in [3.63, 3.8) is 0 Å². The lowest BCUT2D eigenvalue weighted by atomic mass is 10.1. The van der Waals surface area contributed by atoms with Crippen LogP contribution in [0, 0.1) is 5.21 Å². The molecule has 0 atom stereocenters. The SMILES string of the molecule is COc1ccc(S(=O)(=O)N(CC(=O)OC(C)(C)C)c2ccccc2/C=C/c2cc[n+]([O-])cc2)cc1OC. The maximum Gasteiger partial charge on any atom is 0.327 e. The summed E-state index contributed by atoms with van der Waals surface area (Å²) >= 11 is 0. The molecule has 0 spiro atoms. The Balaban J connectivity index is 2.11. The Labute approximate surface area is 217 Å². The Hall–Kier alpha value is -4.05. The molecule has 2 aromatic carbocycles. The topological polar surface area (TPSA) is 109 Å². The number of nitrogens with zero attached hydrogens (tertiary/aromatic N) is 2. The van der Waals surface area contributed by atoms with E-state index >= 15 is 0 Å². The van der Waals surface area contributed by atoms with E-state index in [4.69, 9.17) is 14.2 Å². The number of anilines is 1. The number of carbonyl (C=O) groups is 1. The molecule has 0 unspecified atom stereocenters. The van der Waals surface area contributed by atoms with Crippen LogP contribution >= 0.6 is 0 Å². The first-order valence-corrected chi connectivity index (χ1v) is 12.8. The van der Waals surface area contributed by atoms with Crippen LogP contribution in [0.3, 0.4) is 0 Å². The number of sulfonamides is 1. The van der Waals surface area contributed by atoms with Crippen molar-refractivity contribution >= 4 is 33.8 Å². The van der Waals surface area contributed by atoms with Gasteiger partial charge in [-0.25, -0.2) is 8.42 Å². The second kappa shape index (κ2) is 11.3. The minimum atomic E-state index is -4.26. The molecular weight excluding hydrogens is 496 g/mol. The number of methoxy groups -OCH3 is 2. The van der Waals surface area contributed by atoms with Gasteiger partial charge in [0.2, 0.25) is 0 Å². The maximum absolute atomic E-state index is 13.9. The Bertz CT molecular complexity index is 1380. The molecule has 0 radical (unpaired) electrons. The van der Waals surface area contributed by atoms with Crippen LogP contribution in [0.15, 0.2) is 71.9 Å². The van der Waals surface area contributed by atoms with Crippen molar-refractivity contribution in [2.75, 3.05) is 25.1 Å². The van der Waals surface area contributed by atoms with E-state index in [9.17, 15) is 18.4 Å². The predicted molar refractivity (Wildman–Crippen MR) is 141 cm³/mol. The van der Waals surface area contributed by atoms with E-state index in [-0.39, 0.29) is 16.3 Å². The molecule has 10 heteroatoms. The quantitative estimate of drug-likeness (QED) is 0.235. The Morgan fingerprint density at radius 1 is 0.973 bits per heavy atom. The van der Waals surface area contributed by atoms with Gasteiger partial charge < -0.3 is 19.4 Å². The molecule has 1 heterocycles. The van der Waals surface area contributed by atoms with Crippen molar-refractivity contribution in [3.05, 3.63) is 83.3 Å². The van der Waals surface area contributed by atoms with Gasteiger partial charge in [0.1, 0.15) is 12.1 Å². The van der Waals surface area contributed by atoms with Crippen LogP contribution in [0.4, 0.5) is 5.69 Å². The summed E-state index contributed by atoms with van der Waals surface area (Å²) in [7, 11) is -1.40. The Morgan fingerprint density at radius 2 is 1.62 bits per heavy atom. The minimum Gasteiger partial charge on any atom is -0.619 e. The summed E-state index contributed by atoms with van der Waals surface area (Å²) in [6.45, 7) is 4.57. The minimum absolute atomic E-state index is 0.0875. The highest BCUT2D eigenvalue weighted by Gasteiger charge is 2.31. The van der Waals surface area contributed by atoms with Crippen LogP contribution in [-0.4, -0.2) is 40.8 Å². The highest BCUT2D eigenvalue weighted by Crippen LogP contribution is 2.33. The maximum atomic E-state index is 13.9. The zero-order valence-electron chi connectivity index (χ0n) is 21.4. The van der Waals surface area contributed by atoms with Crippen molar-refractivity contribution in [3.8, 4) is 11.5 Å². The summed E-state index contributed by atoms with van der Waals surface area (Å²) < 4.78 is 45.5. The number of carbonyl (C=O) groups excluding carboxylic acids is 1. The number of benzene rings is 2. The third-order valence-corrected chi connectivity index (χ3v) is 6.88. The first-order valence-electron chi connectivity index (χ1n) is 11.4.